The van der Waals surface area contributed by atoms with Crippen LogP contribution < -0.4 is 20.7 Å². The quantitative estimate of drug-likeness (QED) is 0.485. The Balaban J connectivity index is 1.71. The summed E-state index contributed by atoms with van der Waals surface area (Å²) < 4.78 is 0. The van der Waals surface area contributed by atoms with E-state index in [1.807, 2.05) is 60.3 Å². The van der Waals surface area contributed by atoms with E-state index in [1.54, 1.807) is 0 Å². The summed E-state index contributed by atoms with van der Waals surface area (Å²) in [7, 11) is 7.91. The molecule has 5 nitrogen and oxygen atoms in total. The van der Waals surface area contributed by atoms with Gasteiger partial charge < -0.3 is 14.7 Å². The number of hydrogen-bond acceptors (Lipinski definition) is 5. The molecule has 0 aliphatic rings. The summed E-state index contributed by atoms with van der Waals surface area (Å²) in [5.74, 6) is 0. The maximum absolute atomic E-state index is 12.4. The Labute approximate surface area is 178 Å². The molecule has 30 heavy (non-hydrogen) atoms. The number of rotatable bonds is 10. The Morgan fingerprint density at radius 1 is 0.700 bits per heavy atom. The first-order valence-electron chi connectivity index (χ1n) is 10.4. The van der Waals surface area contributed by atoms with Crippen LogP contribution in [0.1, 0.15) is 11.1 Å². The van der Waals surface area contributed by atoms with Gasteiger partial charge in [-0.2, -0.15) is 0 Å². The fraction of sp³-hybridized carbons (Fsp3) is 0.360. The van der Waals surface area contributed by atoms with Gasteiger partial charge in [0.05, 0.1) is 0 Å². The van der Waals surface area contributed by atoms with E-state index < -0.39 is 0 Å². The van der Waals surface area contributed by atoms with Crippen LogP contribution >= 0.6 is 0 Å². The maximum atomic E-state index is 12.4. The SMILES string of the molecule is CN(CCc1ccccc1)c1c(N(C)CC(Cc2ccccc2)N(C)C)c(=O)c1=O. The molecule has 3 aromatic rings. The zero-order chi connectivity index (χ0) is 21.7. The van der Waals surface area contributed by atoms with E-state index in [0.29, 0.717) is 24.5 Å². The third-order valence-electron chi connectivity index (χ3n) is 5.73. The van der Waals surface area contributed by atoms with Crippen molar-refractivity contribution in [1.82, 2.24) is 4.90 Å². The first kappa shape index (κ1) is 21.8. The van der Waals surface area contributed by atoms with Gasteiger partial charge in [0, 0.05) is 33.2 Å². The Kier molecular flexibility index (Phi) is 7.06. The van der Waals surface area contributed by atoms with E-state index in [2.05, 4.69) is 43.3 Å². The molecule has 3 aromatic carbocycles. The third-order valence-corrected chi connectivity index (χ3v) is 5.73. The molecule has 0 fully saturated rings. The number of anilines is 2. The van der Waals surface area contributed by atoms with Crippen LogP contribution in [-0.2, 0) is 12.8 Å². The van der Waals surface area contributed by atoms with Crippen molar-refractivity contribution in [3.8, 4) is 0 Å². The molecule has 0 N–H and O–H groups in total. The molecule has 3 rings (SSSR count). The summed E-state index contributed by atoms with van der Waals surface area (Å²) in [4.78, 5) is 30.8. The Morgan fingerprint density at radius 2 is 1.20 bits per heavy atom. The number of nitrogens with zero attached hydrogens (tertiary/aromatic N) is 3. The highest BCUT2D eigenvalue weighted by Crippen LogP contribution is 2.23. The second-order valence-corrected chi connectivity index (χ2v) is 8.20. The molecule has 0 aromatic heterocycles. The molecule has 0 aliphatic carbocycles. The monoisotopic (exact) mass is 405 g/mol. The van der Waals surface area contributed by atoms with Crippen molar-refractivity contribution in [3.05, 3.63) is 92.2 Å². The highest BCUT2D eigenvalue weighted by atomic mass is 16.2. The molecule has 5 heteroatoms. The molecule has 1 unspecified atom stereocenters. The van der Waals surface area contributed by atoms with Gasteiger partial charge in [-0.25, -0.2) is 0 Å². The predicted molar refractivity (Wildman–Crippen MR) is 126 cm³/mol. The maximum Gasteiger partial charge on any atom is 0.253 e. The van der Waals surface area contributed by atoms with Gasteiger partial charge in [0.1, 0.15) is 11.4 Å². The molecule has 0 heterocycles. The number of hydrogen-bond donors (Lipinski definition) is 0. The van der Waals surface area contributed by atoms with Gasteiger partial charge in [-0.3, -0.25) is 9.59 Å². The van der Waals surface area contributed by atoms with Gasteiger partial charge in [0.2, 0.25) is 0 Å². The van der Waals surface area contributed by atoms with Gasteiger partial charge in [-0.1, -0.05) is 60.7 Å². The van der Waals surface area contributed by atoms with Crippen molar-refractivity contribution in [1.29, 1.82) is 0 Å². The topological polar surface area (TPSA) is 43.9 Å². The molecular weight excluding hydrogens is 374 g/mol. The van der Waals surface area contributed by atoms with E-state index in [4.69, 9.17) is 0 Å². The molecule has 0 bridgehead atoms. The van der Waals surface area contributed by atoms with Crippen molar-refractivity contribution in [2.24, 2.45) is 0 Å². The van der Waals surface area contributed by atoms with Crippen LogP contribution in [0.4, 0.5) is 11.4 Å². The van der Waals surface area contributed by atoms with Gasteiger partial charge in [0.15, 0.2) is 0 Å². The lowest BCUT2D eigenvalue weighted by Gasteiger charge is -2.33. The van der Waals surface area contributed by atoms with Gasteiger partial charge in [0.25, 0.3) is 10.9 Å². The Bertz CT molecular complexity index is 1010. The van der Waals surface area contributed by atoms with Crippen LogP contribution in [0.25, 0.3) is 0 Å². The summed E-state index contributed by atoms with van der Waals surface area (Å²) in [6.07, 6.45) is 1.71. The Morgan fingerprint density at radius 3 is 1.73 bits per heavy atom. The summed E-state index contributed by atoms with van der Waals surface area (Å²) >= 11 is 0. The normalized spacial score (nSPS) is 12.3. The minimum atomic E-state index is -0.378. The minimum Gasteiger partial charge on any atom is -0.369 e. The second kappa shape index (κ2) is 9.72. The van der Waals surface area contributed by atoms with Crippen molar-refractivity contribution in [2.75, 3.05) is 51.1 Å². The van der Waals surface area contributed by atoms with Crippen LogP contribution in [-0.4, -0.2) is 52.2 Å². The van der Waals surface area contributed by atoms with E-state index >= 15 is 0 Å². The number of likely N-dealkylation sites (N-methyl/N-ethyl adjacent to an activating group) is 3. The highest BCUT2D eigenvalue weighted by molar-refractivity contribution is 5.76. The van der Waals surface area contributed by atoms with Gasteiger partial charge in [-0.15, -0.1) is 0 Å². The molecule has 0 aliphatic heterocycles. The van der Waals surface area contributed by atoms with E-state index in [-0.39, 0.29) is 16.9 Å². The third kappa shape index (κ3) is 4.97. The Hall–Kier alpha value is -2.92. The van der Waals surface area contributed by atoms with Gasteiger partial charge >= 0.3 is 0 Å². The lowest BCUT2D eigenvalue weighted by atomic mass is 10.0. The average molecular weight is 406 g/mol. The van der Waals surface area contributed by atoms with Crippen molar-refractivity contribution >= 4 is 11.4 Å². The lowest BCUT2D eigenvalue weighted by molar-refractivity contribution is 0.295. The van der Waals surface area contributed by atoms with E-state index in [1.165, 1.54) is 11.1 Å². The molecule has 0 radical (unpaired) electrons. The van der Waals surface area contributed by atoms with Crippen LogP contribution in [0, 0.1) is 0 Å². The summed E-state index contributed by atoms with van der Waals surface area (Å²) in [6.45, 7) is 1.36. The zero-order valence-corrected chi connectivity index (χ0v) is 18.3. The van der Waals surface area contributed by atoms with Gasteiger partial charge in [-0.05, 0) is 38.1 Å². The summed E-state index contributed by atoms with van der Waals surface area (Å²) in [6, 6.07) is 20.7. The molecule has 158 valence electrons. The van der Waals surface area contributed by atoms with E-state index in [9.17, 15) is 9.59 Å². The standard InChI is InChI=1S/C25H31N3O2/c1-26(2)21(17-20-13-9-6-10-14-20)18-28(4)23-22(24(29)25(23)30)27(3)16-15-19-11-7-5-8-12-19/h5-14,21H,15-18H2,1-4H3. The zero-order valence-electron chi connectivity index (χ0n) is 18.3. The smallest absolute Gasteiger partial charge is 0.253 e. The molecule has 0 amide bonds. The second-order valence-electron chi connectivity index (χ2n) is 8.20. The van der Waals surface area contributed by atoms with Crippen LogP contribution in [0.5, 0.6) is 0 Å². The van der Waals surface area contributed by atoms with E-state index in [0.717, 1.165) is 12.8 Å². The van der Waals surface area contributed by atoms with Crippen molar-refractivity contribution in [3.63, 3.8) is 0 Å². The molecule has 0 spiro atoms. The fourth-order valence-corrected chi connectivity index (χ4v) is 3.83. The molecule has 0 saturated carbocycles. The lowest BCUT2D eigenvalue weighted by Crippen LogP contribution is -2.48. The fourth-order valence-electron chi connectivity index (χ4n) is 3.83. The first-order valence-corrected chi connectivity index (χ1v) is 10.4. The predicted octanol–water partition coefficient (Wildman–Crippen LogP) is 2.57. The first-order chi connectivity index (χ1) is 14.4. The van der Waals surface area contributed by atoms with Crippen molar-refractivity contribution in [2.45, 2.75) is 18.9 Å². The average Bonchev–Trinajstić information content (AvgIpc) is 2.75. The minimum absolute atomic E-state index is 0.226. The van der Waals surface area contributed by atoms with Crippen LogP contribution in [0.15, 0.2) is 70.3 Å². The molecule has 0 saturated heterocycles. The van der Waals surface area contributed by atoms with Crippen molar-refractivity contribution < 1.29 is 0 Å². The molecular formula is C25H31N3O2. The highest BCUT2D eigenvalue weighted by Gasteiger charge is 2.28. The van der Waals surface area contributed by atoms with Crippen LogP contribution in [0.3, 0.4) is 0 Å². The van der Waals surface area contributed by atoms with Crippen LogP contribution in [0.2, 0.25) is 0 Å². The summed E-state index contributed by atoms with van der Waals surface area (Å²) in [5.41, 5.74) is 2.79. The molecule has 1 atom stereocenters. The number of benzene rings is 2. The summed E-state index contributed by atoms with van der Waals surface area (Å²) in [5, 5.41) is 0. The largest absolute Gasteiger partial charge is 0.369 e.